The predicted molar refractivity (Wildman–Crippen MR) is 71.8 cm³/mol. The number of fused-ring (bicyclic) bond motifs is 1. The van der Waals surface area contributed by atoms with E-state index in [1.807, 2.05) is 18.2 Å². The fourth-order valence-electron chi connectivity index (χ4n) is 1.89. The molecule has 2 heterocycles. The lowest BCUT2D eigenvalue weighted by Gasteiger charge is -1.94. The van der Waals surface area contributed by atoms with Crippen molar-refractivity contribution < 1.29 is 0 Å². The van der Waals surface area contributed by atoms with Gasteiger partial charge in [-0.2, -0.15) is 0 Å². The van der Waals surface area contributed by atoms with Gasteiger partial charge in [-0.1, -0.05) is 15.9 Å². The van der Waals surface area contributed by atoms with Crippen LogP contribution in [0.2, 0.25) is 0 Å². The molecule has 0 bridgehead atoms. The molecule has 0 spiro atoms. The molecular weight excluding hydrogens is 278 g/mol. The summed E-state index contributed by atoms with van der Waals surface area (Å²) in [6, 6.07) is 8.00. The molecular formula is C13H10BrN3. The average Bonchev–Trinajstić information content (AvgIpc) is 2.74. The zero-order valence-corrected chi connectivity index (χ0v) is 10.8. The lowest BCUT2D eigenvalue weighted by molar-refractivity contribution is 1.28. The second kappa shape index (κ2) is 3.96. The van der Waals surface area contributed by atoms with Crippen molar-refractivity contribution in [1.29, 1.82) is 0 Å². The molecule has 17 heavy (non-hydrogen) atoms. The number of nitrogens with one attached hydrogen (secondary N) is 1. The van der Waals surface area contributed by atoms with Crippen LogP contribution in [-0.4, -0.2) is 15.0 Å². The van der Waals surface area contributed by atoms with Crippen LogP contribution in [0.1, 0.15) is 5.56 Å². The predicted octanol–water partition coefficient (Wildman–Crippen LogP) is 3.70. The number of aromatic nitrogens is 3. The van der Waals surface area contributed by atoms with E-state index in [4.69, 9.17) is 0 Å². The monoisotopic (exact) mass is 287 g/mol. The van der Waals surface area contributed by atoms with Gasteiger partial charge in [0.05, 0.1) is 11.0 Å². The molecule has 0 unspecified atom stereocenters. The van der Waals surface area contributed by atoms with Crippen molar-refractivity contribution in [2.45, 2.75) is 6.92 Å². The van der Waals surface area contributed by atoms with E-state index in [1.54, 1.807) is 12.4 Å². The van der Waals surface area contributed by atoms with Gasteiger partial charge in [0.25, 0.3) is 0 Å². The number of rotatable bonds is 1. The zero-order valence-electron chi connectivity index (χ0n) is 9.24. The maximum absolute atomic E-state index is 4.62. The zero-order chi connectivity index (χ0) is 11.8. The van der Waals surface area contributed by atoms with Crippen LogP contribution in [0.4, 0.5) is 0 Å². The van der Waals surface area contributed by atoms with Crippen LogP contribution < -0.4 is 0 Å². The van der Waals surface area contributed by atoms with E-state index >= 15 is 0 Å². The van der Waals surface area contributed by atoms with Crippen LogP contribution >= 0.6 is 15.9 Å². The third-order valence-corrected chi connectivity index (χ3v) is 3.15. The highest BCUT2D eigenvalue weighted by Crippen LogP contribution is 2.25. The van der Waals surface area contributed by atoms with Crippen LogP contribution in [0.3, 0.4) is 0 Å². The second-order valence-electron chi connectivity index (χ2n) is 3.94. The molecule has 0 saturated carbocycles. The molecule has 84 valence electrons. The van der Waals surface area contributed by atoms with Crippen LogP contribution in [-0.2, 0) is 0 Å². The Labute approximate surface area is 107 Å². The van der Waals surface area contributed by atoms with E-state index in [2.05, 4.69) is 43.9 Å². The molecule has 3 aromatic rings. The van der Waals surface area contributed by atoms with Gasteiger partial charge in [-0.15, -0.1) is 0 Å². The molecule has 0 amide bonds. The number of halogens is 1. The maximum Gasteiger partial charge on any atom is 0.138 e. The van der Waals surface area contributed by atoms with Gasteiger partial charge in [-0.05, 0) is 36.8 Å². The molecule has 0 atom stereocenters. The Balaban J connectivity index is 2.24. The standard InChI is InChI=1S/C13H10BrN3/c1-8-6-10(14)7-11-12(8)17-13(16-11)9-2-4-15-5-3-9/h2-7H,1H3,(H,16,17). The molecule has 0 aliphatic heterocycles. The number of hydrogen-bond donors (Lipinski definition) is 1. The SMILES string of the molecule is Cc1cc(Br)cc2[nH]c(-c3ccncc3)nc12. The Bertz CT molecular complexity index is 674. The quantitative estimate of drug-likeness (QED) is 0.742. The minimum Gasteiger partial charge on any atom is -0.338 e. The number of aromatic amines is 1. The third kappa shape index (κ3) is 1.85. The van der Waals surface area contributed by atoms with Crippen LogP contribution in [0.25, 0.3) is 22.4 Å². The Morgan fingerprint density at radius 3 is 2.71 bits per heavy atom. The van der Waals surface area contributed by atoms with E-state index in [-0.39, 0.29) is 0 Å². The van der Waals surface area contributed by atoms with E-state index < -0.39 is 0 Å². The van der Waals surface area contributed by atoms with Crippen LogP contribution in [0.5, 0.6) is 0 Å². The lowest BCUT2D eigenvalue weighted by atomic mass is 10.2. The topological polar surface area (TPSA) is 41.6 Å². The summed E-state index contributed by atoms with van der Waals surface area (Å²) in [7, 11) is 0. The van der Waals surface area contributed by atoms with Gasteiger partial charge in [-0.25, -0.2) is 4.98 Å². The molecule has 2 aromatic heterocycles. The smallest absolute Gasteiger partial charge is 0.138 e. The van der Waals surface area contributed by atoms with E-state index in [1.165, 1.54) is 0 Å². The van der Waals surface area contributed by atoms with Gasteiger partial charge in [-0.3, -0.25) is 4.98 Å². The number of hydrogen-bond acceptors (Lipinski definition) is 2. The van der Waals surface area contributed by atoms with Gasteiger partial charge in [0.1, 0.15) is 5.82 Å². The first-order valence-corrected chi connectivity index (χ1v) is 6.09. The van der Waals surface area contributed by atoms with Crippen molar-refractivity contribution in [2.75, 3.05) is 0 Å². The van der Waals surface area contributed by atoms with Crippen molar-refractivity contribution in [2.24, 2.45) is 0 Å². The number of benzene rings is 1. The molecule has 0 radical (unpaired) electrons. The minimum atomic E-state index is 0.878. The normalized spacial score (nSPS) is 10.9. The highest BCUT2D eigenvalue weighted by atomic mass is 79.9. The van der Waals surface area contributed by atoms with Crippen LogP contribution in [0.15, 0.2) is 41.1 Å². The first kappa shape index (κ1) is 10.5. The largest absolute Gasteiger partial charge is 0.338 e. The highest BCUT2D eigenvalue weighted by Gasteiger charge is 2.07. The van der Waals surface area contributed by atoms with Crippen molar-refractivity contribution in [1.82, 2.24) is 15.0 Å². The molecule has 1 aromatic carbocycles. The summed E-state index contributed by atoms with van der Waals surface area (Å²) in [6.45, 7) is 2.06. The summed E-state index contributed by atoms with van der Waals surface area (Å²) in [6.07, 6.45) is 3.54. The summed E-state index contributed by atoms with van der Waals surface area (Å²) in [4.78, 5) is 12.0. The van der Waals surface area contributed by atoms with E-state index in [0.717, 1.165) is 32.5 Å². The van der Waals surface area contributed by atoms with Gasteiger partial charge < -0.3 is 4.98 Å². The molecule has 0 saturated heterocycles. The Morgan fingerprint density at radius 1 is 1.18 bits per heavy atom. The summed E-state index contributed by atoms with van der Waals surface area (Å²) in [5.74, 6) is 0.878. The van der Waals surface area contributed by atoms with E-state index in [9.17, 15) is 0 Å². The highest BCUT2D eigenvalue weighted by molar-refractivity contribution is 9.10. The van der Waals surface area contributed by atoms with E-state index in [0.29, 0.717) is 0 Å². The number of aryl methyl sites for hydroxylation is 1. The number of H-pyrrole nitrogens is 1. The number of pyridine rings is 1. The van der Waals surface area contributed by atoms with Gasteiger partial charge in [0.2, 0.25) is 0 Å². The van der Waals surface area contributed by atoms with Crippen LogP contribution in [0, 0.1) is 6.92 Å². The summed E-state index contributed by atoms with van der Waals surface area (Å²) < 4.78 is 1.06. The Hall–Kier alpha value is -1.68. The first-order chi connectivity index (χ1) is 8.24. The molecule has 0 fully saturated rings. The molecule has 0 aliphatic carbocycles. The summed E-state index contributed by atoms with van der Waals surface area (Å²) in [5, 5.41) is 0. The Morgan fingerprint density at radius 2 is 1.94 bits per heavy atom. The number of imidazole rings is 1. The summed E-state index contributed by atoms with van der Waals surface area (Å²) >= 11 is 3.49. The van der Waals surface area contributed by atoms with Gasteiger partial charge >= 0.3 is 0 Å². The van der Waals surface area contributed by atoms with Crippen molar-refractivity contribution in [3.63, 3.8) is 0 Å². The molecule has 0 aliphatic rings. The lowest BCUT2D eigenvalue weighted by Crippen LogP contribution is -1.80. The third-order valence-electron chi connectivity index (χ3n) is 2.70. The first-order valence-electron chi connectivity index (χ1n) is 5.30. The van der Waals surface area contributed by atoms with Crippen molar-refractivity contribution >= 4 is 27.0 Å². The Kier molecular flexibility index (Phi) is 2.44. The average molecular weight is 288 g/mol. The van der Waals surface area contributed by atoms with Gasteiger partial charge in [0.15, 0.2) is 0 Å². The van der Waals surface area contributed by atoms with Crippen molar-refractivity contribution in [3.8, 4) is 11.4 Å². The molecule has 1 N–H and O–H groups in total. The fraction of sp³-hybridized carbons (Fsp3) is 0.0769. The second-order valence-corrected chi connectivity index (χ2v) is 4.86. The maximum atomic E-state index is 4.62. The van der Waals surface area contributed by atoms with Crippen molar-refractivity contribution in [3.05, 3.63) is 46.7 Å². The summed E-state index contributed by atoms with van der Waals surface area (Å²) in [5.41, 5.74) is 4.27. The minimum absolute atomic E-state index is 0.878. The number of nitrogens with zero attached hydrogens (tertiary/aromatic N) is 2. The molecule has 3 nitrogen and oxygen atoms in total. The van der Waals surface area contributed by atoms with Gasteiger partial charge in [0, 0.05) is 22.4 Å². The molecule has 3 rings (SSSR count). The molecule has 4 heteroatoms. The fourth-order valence-corrected chi connectivity index (χ4v) is 2.47.